The predicted molar refractivity (Wildman–Crippen MR) is 115 cm³/mol. The molecule has 1 aromatic heterocycles. The summed E-state index contributed by atoms with van der Waals surface area (Å²) < 4.78 is 11.3. The number of carbonyl (C=O) groups excluding carboxylic acids is 1. The lowest BCUT2D eigenvalue weighted by Gasteiger charge is -2.35. The molecule has 0 radical (unpaired) electrons. The van der Waals surface area contributed by atoms with Crippen molar-refractivity contribution in [3.05, 3.63) is 87.9 Å². The maximum absolute atomic E-state index is 12.8. The predicted octanol–water partition coefficient (Wildman–Crippen LogP) is 3.60. The van der Waals surface area contributed by atoms with E-state index in [2.05, 4.69) is 6.07 Å². The molecular formula is C23H20N4O5. The van der Waals surface area contributed by atoms with Crippen molar-refractivity contribution in [3.8, 4) is 11.8 Å². The Bertz CT molecular complexity index is 1170. The number of hydrogen-bond donors (Lipinski definition) is 0. The van der Waals surface area contributed by atoms with Gasteiger partial charge in [0, 0.05) is 44.0 Å². The number of nitriles is 1. The molecule has 0 aliphatic carbocycles. The molecule has 2 heterocycles. The second kappa shape index (κ2) is 9.22. The number of ether oxygens (including phenoxy) is 1. The summed E-state index contributed by atoms with van der Waals surface area (Å²) in [6.07, 6.45) is 0. The molecule has 9 nitrogen and oxygen atoms in total. The first-order chi connectivity index (χ1) is 15.5. The molecule has 0 saturated carbocycles. The topological polar surface area (TPSA) is 113 Å². The number of nitrogens with zero attached hydrogens (tertiary/aromatic N) is 4. The molecule has 0 bridgehead atoms. The number of hydrogen-bond acceptors (Lipinski definition) is 7. The Morgan fingerprint density at radius 1 is 1.09 bits per heavy atom. The highest BCUT2D eigenvalue weighted by molar-refractivity contribution is 5.91. The number of carbonyl (C=O) groups is 1. The van der Waals surface area contributed by atoms with E-state index in [0.717, 1.165) is 5.69 Å². The third-order valence-electron chi connectivity index (χ3n) is 5.22. The van der Waals surface area contributed by atoms with Gasteiger partial charge in [-0.3, -0.25) is 14.9 Å². The number of piperazine rings is 1. The summed E-state index contributed by atoms with van der Waals surface area (Å²) in [6.45, 7) is 2.18. The first-order valence-electron chi connectivity index (χ1n) is 10.0. The van der Waals surface area contributed by atoms with Crippen molar-refractivity contribution in [2.75, 3.05) is 31.1 Å². The lowest BCUT2D eigenvalue weighted by Crippen LogP contribution is -2.48. The van der Waals surface area contributed by atoms with Crippen LogP contribution in [-0.4, -0.2) is 41.9 Å². The summed E-state index contributed by atoms with van der Waals surface area (Å²) in [5.74, 6) is 0.946. The van der Waals surface area contributed by atoms with Crippen molar-refractivity contribution in [1.82, 2.24) is 4.90 Å². The van der Waals surface area contributed by atoms with Crippen LogP contribution >= 0.6 is 0 Å². The minimum atomic E-state index is -0.416. The largest absolute Gasteiger partial charge is 0.484 e. The van der Waals surface area contributed by atoms with Gasteiger partial charge < -0.3 is 19.0 Å². The Hall–Kier alpha value is -4.32. The Labute approximate surface area is 184 Å². The van der Waals surface area contributed by atoms with Gasteiger partial charge in [-0.25, -0.2) is 0 Å². The van der Waals surface area contributed by atoms with E-state index >= 15 is 0 Å². The van der Waals surface area contributed by atoms with Gasteiger partial charge in [-0.1, -0.05) is 18.2 Å². The number of rotatable bonds is 6. The number of furan rings is 1. The van der Waals surface area contributed by atoms with Crippen molar-refractivity contribution in [1.29, 1.82) is 5.26 Å². The molecule has 1 saturated heterocycles. The molecular weight excluding hydrogens is 412 g/mol. The highest BCUT2D eigenvalue weighted by Crippen LogP contribution is 2.23. The zero-order valence-corrected chi connectivity index (χ0v) is 17.1. The van der Waals surface area contributed by atoms with E-state index in [1.54, 1.807) is 53.4 Å². The molecule has 0 atom stereocenters. The van der Waals surface area contributed by atoms with Gasteiger partial charge in [-0.2, -0.15) is 5.26 Å². The molecule has 0 N–H and O–H groups in total. The van der Waals surface area contributed by atoms with E-state index in [0.29, 0.717) is 43.3 Å². The number of non-ortho nitro benzene ring substituents is 1. The minimum absolute atomic E-state index is 0.0451. The Kier molecular flexibility index (Phi) is 6.03. The summed E-state index contributed by atoms with van der Waals surface area (Å²) in [7, 11) is 0. The number of anilines is 1. The van der Waals surface area contributed by atoms with Crippen molar-refractivity contribution in [3.63, 3.8) is 0 Å². The van der Waals surface area contributed by atoms with E-state index in [1.807, 2.05) is 11.0 Å². The molecule has 32 heavy (non-hydrogen) atoms. The fraction of sp³-hybridized carbons (Fsp3) is 0.217. The molecule has 0 unspecified atom stereocenters. The fourth-order valence-electron chi connectivity index (χ4n) is 3.53. The van der Waals surface area contributed by atoms with Crippen LogP contribution in [0.1, 0.15) is 21.9 Å². The van der Waals surface area contributed by atoms with Crippen molar-refractivity contribution >= 4 is 17.3 Å². The number of amides is 1. The van der Waals surface area contributed by atoms with E-state index in [1.165, 1.54) is 6.07 Å². The van der Waals surface area contributed by atoms with Gasteiger partial charge in [0.15, 0.2) is 5.76 Å². The average molecular weight is 432 g/mol. The Morgan fingerprint density at radius 3 is 2.62 bits per heavy atom. The number of nitro groups is 1. The zero-order valence-electron chi connectivity index (χ0n) is 17.1. The van der Waals surface area contributed by atoms with Crippen LogP contribution in [0.2, 0.25) is 0 Å². The first kappa shape index (κ1) is 20.9. The van der Waals surface area contributed by atoms with Crippen LogP contribution in [0.15, 0.2) is 65.1 Å². The molecule has 2 aromatic carbocycles. The van der Waals surface area contributed by atoms with Gasteiger partial charge >= 0.3 is 0 Å². The molecule has 1 fully saturated rings. The SMILES string of the molecule is N#Cc1ccccc1OCc1ccc(C(=O)N2CCN(c3cccc([N+](=O)[O-])c3)CC2)o1. The van der Waals surface area contributed by atoms with Gasteiger partial charge in [0.25, 0.3) is 11.6 Å². The summed E-state index contributed by atoms with van der Waals surface area (Å²) in [5, 5.41) is 20.1. The van der Waals surface area contributed by atoms with Gasteiger partial charge in [0.1, 0.15) is 24.2 Å². The van der Waals surface area contributed by atoms with Crippen LogP contribution in [0.4, 0.5) is 11.4 Å². The Balaban J connectivity index is 1.34. The quantitative estimate of drug-likeness (QED) is 0.432. The number of para-hydroxylation sites is 1. The van der Waals surface area contributed by atoms with Crippen LogP contribution < -0.4 is 9.64 Å². The first-order valence-corrected chi connectivity index (χ1v) is 10.0. The van der Waals surface area contributed by atoms with E-state index in [9.17, 15) is 14.9 Å². The van der Waals surface area contributed by atoms with Crippen LogP contribution in [0.5, 0.6) is 5.75 Å². The summed E-state index contributed by atoms with van der Waals surface area (Å²) in [4.78, 5) is 27.1. The normalized spacial score (nSPS) is 13.5. The third kappa shape index (κ3) is 4.54. The van der Waals surface area contributed by atoms with Gasteiger partial charge in [-0.15, -0.1) is 0 Å². The molecule has 162 valence electrons. The van der Waals surface area contributed by atoms with E-state index < -0.39 is 4.92 Å². The second-order valence-corrected chi connectivity index (χ2v) is 7.22. The average Bonchev–Trinajstić information content (AvgIpc) is 3.31. The summed E-state index contributed by atoms with van der Waals surface area (Å²) in [6, 6.07) is 18.8. The third-order valence-corrected chi connectivity index (χ3v) is 5.22. The monoisotopic (exact) mass is 432 g/mol. The smallest absolute Gasteiger partial charge is 0.289 e. The van der Waals surface area contributed by atoms with Crippen LogP contribution in [0.3, 0.4) is 0 Å². The van der Waals surface area contributed by atoms with Crippen LogP contribution in [0, 0.1) is 21.4 Å². The maximum Gasteiger partial charge on any atom is 0.289 e. The molecule has 9 heteroatoms. The molecule has 1 aliphatic heterocycles. The maximum atomic E-state index is 12.8. The second-order valence-electron chi connectivity index (χ2n) is 7.22. The zero-order chi connectivity index (χ0) is 22.5. The standard InChI is InChI=1S/C23H20N4O5/c24-15-17-4-1-2-7-21(17)31-16-20-8-9-22(32-20)23(28)26-12-10-25(11-13-26)18-5-3-6-19(14-18)27(29)30/h1-9,14H,10-13,16H2. The molecule has 0 spiro atoms. The van der Waals surface area contributed by atoms with Crippen LogP contribution in [0.25, 0.3) is 0 Å². The molecule has 1 amide bonds. The van der Waals surface area contributed by atoms with Crippen molar-refractivity contribution in [2.45, 2.75) is 6.61 Å². The number of benzene rings is 2. The number of nitro benzene ring substituents is 1. The van der Waals surface area contributed by atoms with Crippen molar-refractivity contribution in [2.24, 2.45) is 0 Å². The van der Waals surface area contributed by atoms with Gasteiger partial charge in [-0.05, 0) is 30.3 Å². The molecule has 1 aliphatic rings. The summed E-state index contributed by atoms with van der Waals surface area (Å²) in [5.41, 5.74) is 1.24. The highest BCUT2D eigenvalue weighted by atomic mass is 16.6. The Morgan fingerprint density at radius 2 is 1.88 bits per heavy atom. The minimum Gasteiger partial charge on any atom is -0.484 e. The highest BCUT2D eigenvalue weighted by Gasteiger charge is 2.25. The molecule has 4 rings (SSSR count). The lowest BCUT2D eigenvalue weighted by molar-refractivity contribution is -0.384. The van der Waals surface area contributed by atoms with E-state index in [-0.39, 0.29) is 24.0 Å². The fourth-order valence-corrected chi connectivity index (χ4v) is 3.53. The van der Waals surface area contributed by atoms with Gasteiger partial charge in [0.05, 0.1) is 10.5 Å². The van der Waals surface area contributed by atoms with Crippen LogP contribution in [-0.2, 0) is 6.61 Å². The lowest BCUT2D eigenvalue weighted by atomic mass is 10.2. The molecule has 3 aromatic rings. The van der Waals surface area contributed by atoms with Gasteiger partial charge in [0.2, 0.25) is 0 Å². The van der Waals surface area contributed by atoms with Crippen molar-refractivity contribution < 1.29 is 18.9 Å². The summed E-state index contributed by atoms with van der Waals surface area (Å²) >= 11 is 0. The van der Waals surface area contributed by atoms with E-state index in [4.69, 9.17) is 14.4 Å².